The molecule has 0 saturated carbocycles. The Balaban J connectivity index is 2.46. The maximum Gasteiger partial charge on any atom is 0.417 e. The van der Waals surface area contributed by atoms with E-state index < -0.39 is 62.7 Å². The summed E-state index contributed by atoms with van der Waals surface area (Å²) in [5.74, 6) is -1.95. The van der Waals surface area contributed by atoms with Crippen LogP contribution in [0.25, 0.3) is 0 Å². The van der Waals surface area contributed by atoms with Gasteiger partial charge in [-0.15, -0.1) is 0 Å². The summed E-state index contributed by atoms with van der Waals surface area (Å²) in [5.41, 5.74) is -1.25. The lowest BCUT2D eigenvalue weighted by Gasteiger charge is -2.31. The smallest absolute Gasteiger partial charge is 0.357 e. The van der Waals surface area contributed by atoms with Gasteiger partial charge >= 0.3 is 6.18 Å². The fourth-order valence-corrected chi connectivity index (χ4v) is 4.14. The molecule has 186 valence electrons. The third-order valence-corrected chi connectivity index (χ3v) is 6.37. The molecule has 0 aliphatic carbocycles. The fourth-order valence-electron chi connectivity index (χ4n) is 3.08. The van der Waals surface area contributed by atoms with Crippen molar-refractivity contribution in [2.75, 3.05) is 24.2 Å². The lowest BCUT2D eigenvalue weighted by molar-refractivity contribution is -0.139. The van der Waals surface area contributed by atoms with E-state index in [2.05, 4.69) is 5.32 Å². The van der Waals surface area contributed by atoms with Crippen molar-refractivity contribution < 1.29 is 35.6 Å². The first-order chi connectivity index (χ1) is 15.6. The number of hydrogen-bond donors (Lipinski definition) is 1. The van der Waals surface area contributed by atoms with Gasteiger partial charge in [-0.3, -0.25) is 13.9 Å². The van der Waals surface area contributed by atoms with Crippen LogP contribution in [0.1, 0.15) is 18.1 Å². The minimum Gasteiger partial charge on any atom is -0.357 e. The van der Waals surface area contributed by atoms with Crippen LogP contribution in [0.4, 0.5) is 23.2 Å². The molecule has 0 aliphatic heterocycles. The van der Waals surface area contributed by atoms with Gasteiger partial charge in [-0.2, -0.15) is 13.2 Å². The number of sulfonamides is 1. The molecule has 0 spiro atoms. The molecule has 0 fully saturated rings. The van der Waals surface area contributed by atoms with Crippen molar-refractivity contribution >= 4 is 39.1 Å². The van der Waals surface area contributed by atoms with Crippen LogP contribution in [-0.2, 0) is 32.3 Å². The zero-order valence-corrected chi connectivity index (χ0v) is 19.9. The van der Waals surface area contributed by atoms with Gasteiger partial charge in [0.05, 0.1) is 22.5 Å². The maximum absolute atomic E-state index is 13.3. The number of nitrogens with one attached hydrogen (secondary N) is 1. The van der Waals surface area contributed by atoms with Gasteiger partial charge in [0.25, 0.3) is 0 Å². The molecule has 2 aromatic rings. The fraction of sp³-hybridized carbons (Fsp3) is 0.333. The number of amides is 2. The Kier molecular flexibility index (Phi) is 8.54. The molecule has 0 radical (unpaired) electrons. The molecule has 2 amide bonds. The number of nitrogens with zero attached hydrogens (tertiary/aromatic N) is 2. The van der Waals surface area contributed by atoms with Crippen molar-refractivity contribution in [1.29, 1.82) is 0 Å². The van der Waals surface area contributed by atoms with E-state index >= 15 is 0 Å². The molecule has 0 saturated heterocycles. The summed E-state index contributed by atoms with van der Waals surface area (Å²) in [7, 11) is -2.88. The topological polar surface area (TPSA) is 86.8 Å². The molecule has 1 N–H and O–H groups in total. The number of carbonyl (C=O) groups is 2. The third-order valence-electron chi connectivity index (χ3n) is 4.90. The average Bonchev–Trinajstić information content (AvgIpc) is 2.74. The van der Waals surface area contributed by atoms with E-state index in [9.17, 15) is 35.6 Å². The summed E-state index contributed by atoms with van der Waals surface area (Å²) in [6.07, 6.45) is -4.13. The predicted molar refractivity (Wildman–Crippen MR) is 119 cm³/mol. The number of carbonyl (C=O) groups excluding carboxylic acids is 2. The number of likely N-dealkylation sites (N-methyl/N-ethyl adjacent to an activating group) is 1. The number of benzene rings is 2. The van der Waals surface area contributed by atoms with Gasteiger partial charge in [0.15, 0.2) is 0 Å². The van der Waals surface area contributed by atoms with E-state index in [1.807, 2.05) is 0 Å². The van der Waals surface area contributed by atoms with Crippen molar-refractivity contribution in [2.45, 2.75) is 25.7 Å². The molecule has 2 rings (SSSR count). The molecule has 13 heteroatoms. The lowest BCUT2D eigenvalue weighted by atomic mass is 10.1. The monoisotopic (exact) mass is 523 g/mol. The van der Waals surface area contributed by atoms with Crippen molar-refractivity contribution in [3.05, 3.63) is 64.4 Å². The van der Waals surface area contributed by atoms with Crippen molar-refractivity contribution in [3.63, 3.8) is 0 Å². The van der Waals surface area contributed by atoms with E-state index in [1.54, 1.807) is 0 Å². The summed E-state index contributed by atoms with van der Waals surface area (Å²) in [5, 5.41) is 1.74. The molecule has 1 unspecified atom stereocenters. The van der Waals surface area contributed by atoms with Crippen LogP contribution in [-0.4, -0.2) is 51.0 Å². The van der Waals surface area contributed by atoms with Gasteiger partial charge in [-0.25, -0.2) is 12.8 Å². The first-order valence-corrected chi connectivity index (χ1v) is 12.0. The second-order valence-corrected chi connectivity index (χ2v) is 9.68. The first kappa shape index (κ1) is 27.4. The van der Waals surface area contributed by atoms with Crippen LogP contribution in [0, 0.1) is 5.82 Å². The first-order valence-electron chi connectivity index (χ1n) is 9.75. The summed E-state index contributed by atoms with van der Waals surface area (Å²) in [6.45, 7) is 0.328. The highest BCUT2D eigenvalue weighted by Crippen LogP contribution is 2.37. The highest BCUT2D eigenvalue weighted by molar-refractivity contribution is 7.92. The van der Waals surface area contributed by atoms with Crippen LogP contribution in [0.3, 0.4) is 0 Å². The van der Waals surface area contributed by atoms with Gasteiger partial charge in [-0.1, -0.05) is 23.7 Å². The lowest BCUT2D eigenvalue weighted by Crippen LogP contribution is -2.50. The molecular weight excluding hydrogens is 502 g/mol. The SMILES string of the molecule is CNC(=O)C(C)N(Cc1ccc(F)cc1)C(=O)CN(c1ccc(Cl)c(C(F)(F)F)c1)S(C)(=O)=O. The third kappa shape index (κ3) is 6.83. The minimum absolute atomic E-state index is 0.181. The van der Waals surface area contributed by atoms with Crippen LogP contribution in [0.5, 0.6) is 0 Å². The Hall–Kier alpha value is -2.86. The number of alkyl halides is 3. The molecular formula is C21H22ClF4N3O4S. The van der Waals surface area contributed by atoms with Crippen molar-refractivity contribution in [2.24, 2.45) is 0 Å². The molecule has 0 bridgehead atoms. The van der Waals surface area contributed by atoms with Crippen molar-refractivity contribution in [1.82, 2.24) is 10.2 Å². The zero-order chi connectivity index (χ0) is 25.8. The molecule has 1 atom stereocenters. The summed E-state index contributed by atoms with van der Waals surface area (Å²) in [6, 6.07) is 6.45. The molecule has 2 aromatic carbocycles. The van der Waals surface area contributed by atoms with E-state index in [0.29, 0.717) is 15.9 Å². The minimum atomic E-state index is -4.86. The van der Waals surface area contributed by atoms with Gasteiger partial charge in [-0.05, 0) is 42.8 Å². The van der Waals surface area contributed by atoms with Gasteiger partial charge in [0.2, 0.25) is 21.8 Å². The summed E-state index contributed by atoms with van der Waals surface area (Å²) < 4.78 is 78.4. The van der Waals surface area contributed by atoms with Crippen LogP contribution in [0.2, 0.25) is 5.02 Å². The maximum atomic E-state index is 13.3. The second kappa shape index (κ2) is 10.6. The van der Waals surface area contributed by atoms with E-state index in [1.165, 1.54) is 26.1 Å². The Morgan fingerprint density at radius 3 is 2.21 bits per heavy atom. The number of halogens is 5. The predicted octanol–water partition coefficient (Wildman–Crippen LogP) is 3.43. The summed E-state index contributed by atoms with van der Waals surface area (Å²) >= 11 is 5.62. The van der Waals surface area contributed by atoms with E-state index in [-0.39, 0.29) is 6.54 Å². The van der Waals surface area contributed by atoms with Crippen molar-refractivity contribution in [3.8, 4) is 0 Å². The largest absolute Gasteiger partial charge is 0.417 e. The second-order valence-electron chi connectivity index (χ2n) is 7.37. The Morgan fingerprint density at radius 1 is 1.12 bits per heavy atom. The number of hydrogen-bond acceptors (Lipinski definition) is 4. The Morgan fingerprint density at radius 2 is 1.71 bits per heavy atom. The normalized spacial score (nSPS) is 12.7. The van der Waals surface area contributed by atoms with Crippen LogP contribution in [0.15, 0.2) is 42.5 Å². The molecule has 0 aromatic heterocycles. The Bertz CT molecular complexity index is 1160. The van der Waals surface area contributed by atoms with Crippen LogP contribution < -0.4 is 9.62 Å². The van der Waals surface area contributed by atoms with Crippen LogP contribution >= 0.6 is 11.6 Å². The van der Waals surface area contributed by atoms with E-state index in [4.69, 9.17) is 11.6 Å². The highest BCUT2D eigenvalue weighted by Gasteiger charge is 2.35. The summed E-state index contributed by atoms with van der Waals surface area (Å²) in [4.78, 5) is 26.4. The molecule has 34 heavy (non-hydrogen) atoms. The number of anilines is 1. The quantitative estimate of drug-likeness (QED) is 0.537. The highest BCUT2D eigenvalue weighted by atomic mass is 35.5. The van der Waals surface area contributed by atoms with E-state index in [0.717, 1.165) is 35.4 Å². The average molecular weight is 524 g/mol. The van der Waals surface area contributed by atoms with Gasteiger partial charge in [0, 0.05) is 13.6 Å². The molecule has 0 heterocycles. The molecule has 0 aliphatic rings. The number of rotatable bonds is 8. The molecule has 7 nitrogen and oxygen atoms in total. The Labute approximate surface area is 199 Å². The zero-order valence-electron chi connectivity index (χ0n) is 18.4. The van der Waals surface area contributed by atoms with Gasteiger partial charge in [0.1, 0.15) is 18.4 Å². The van der Waals surface area contributed by atoms with Gasteiger partial charge < -0.3 is 10.2 Å². The standard InChI is InChI=1S/C21H22ClF4N3O4S/c1-13(20(31)27-2)28(11-14-4-6-15(23)7-5-14)19(30)12-29(34(3,32)33)16-8-9-18(22)17(10-16)21(24,25)26/h4-10,13H,11-12H2,1-3H3,(H,27,31).